The number of thioether (sulfide) groups is 1. The quantitative estimate of drug-likeness (QED) is 0.862. The highest BCUT2D eigenvalue weighted by molar-refractivity contribution is 7.98. The minimum Gasteiger partial charge on any atom is -0.478 e. The summed E-state index contributed by atoms with van der Waals surface area (Å²) in [6.07, 6.45) is 1.96. The van der Waals surface area contributed by atoms with Crippen LogP contribution in [-0.2, 0) is 6.54 Å². The zero-order valence-electron chi connectivity index (χ0n) is 9.27. The minimum atomic E-state index is -1.03. The first-order valence-corrected chi connectivity index (χ1v) is 6.48. The number of nitrogens with zero attached hydrogens (tertiary/aromatic N) is 1. The normalized spacial score (nSPS) is 10.9. The highest BCUT2D eigenvalue weighted by Gasteiger charge is 2.13. The van der Waals surface area contributed by atoms with Gasteiger partial charge in [0, 0.05) is 12.3 Å². The summed E-state index contributed by atoms with van der Waals surface area (Å²) in [5, 5.41) is 9.02. The lowest BCUT2D eigenvalue weighted by molar-refractivity contribution is 0.0699. The highest BCUT2D eigenvalue weighted by atomic mass is 32.2. The predicted octanol–water partition coefficient (Wildman–Crippen LogP) is 1.39. The maximum Gasteiger partial charge on any atom is 0.337 e. The summed E-state index contributed by atoms with van der Waals surface area (Å²) in [6.45, 7) is 0.572. The van der Waals surface area contributed by atoms with E-state index in [-0.39, 0.29) is 11.3 Å². The van der Waals surface area contributed by atoms with Gasteiger partial charge in [-0.2, -0.15) is 11.8 Å². The summed E-state index contributed by atoms with van der Waals surface area (Å²) in [4.78, 5) is 25.3. The molecular weight excluding hydrogens is 240 g/mol. The fourth-order valence-electron chi connectivity index (χ4n) is 1.76. The Hall–Kier alpha value is -1.69. The number of H-pyrrole nitrogens is 1. The van der Waals surface area contributed by atoms with E-state index < -0.39 is 5.97 Å². The maximum atomic E-state index is 11.7. The number of carbonyl (C=O) groups is 1. The first-order valence-electron chi connectivity index (χ1n) is 5.09. The molecule has 0 unspecified atom stereocenters. The second kappa shape index (κ2) is 4.67. The zero-order chi connectivity index (χ0) is 12.4. The van der Waals surface area contributed by atoms with Gasteiger partial charge in [-0.1, -0.05) is 6.07 Å². The molecule has 0 aliphatic rings. The third-order valence-corrected chi connectivity index (χ3v) is 3.15. The van der Waals surface area contributed by atoms with Crippen molar-refractivity contribution in [3.05, 3.63) is 34.2 Å². The van der Waals surface area contributed by atoms with Crippen molar-refractivity contribution in [1.29, 1.82) is 0 Å². The van der Waals surface area contributed by atoms with E-state index in [0.717, 1.165) is 5.75 Å². The molecule has 90 valence electrons. The lowest BCUT2D eigenvalue weighted by atomic mass is 10.2. The van der Waals surface area contributed by atoms with E-state index >= 15 is 0 Å². The van der Waals surface area contributed by atoms with E-state index in [1.165, 1.54) is 6.07 Å². The number of aryl methyl sites for hydroxylation is 1. The van der Waals surface area contributed by atoms with Crippen molar-refractivity contribution < 1.29 is 9.90 Å². The molecule has 0 radical (unpaired) electrons. The van der Waals surface area contributed by atoms with Gasteiger partial charge >= 0.3 is 11.7 Å². The molecule has 17 heavy (non-hydrogen) atoms. The number of rotatable bonds is 4. The van der Waals surface area contributed by atoms with Crippen molar-refractivity contribution in [2.24, 2.45) is 0 Å². The Balaban J connectivity index is 2.63. The third-order valence-electron chi connectivity index (χ3n) is 2.56. The van der Waals surface area contributed by atoms with E-state index in [1.54, 1.807) is 28.5 Å². The number of imidazole rings is 1. The first kappa shape index (κ1) is 11.8. The summed E-state index contributed by atoms with van der Waals surface area (Å²) < 4.78 is 1.57. The number of fused-ring (bicyclic) bond motifs is 1. The standard InChI is InChI=1S/C11H12N2O3S/c1-17-6-5-13-8-4-2-3-7(10(14)15)9(8)12-11(13)16/h2-4H,5-6H2,1H3,(H,12,16)(H,14,15). The molecule has 0 saturated carbocycles. The van der Waals surface area contributed by atoms with Crippen LogP contribution in [0.15, 0.2) is 23.0 Å². The molecule has 1 heterocycles. The molecule has 0 fully saturated rings. The Morgan fingerprint density at radius 1 is 1.53 bits per heavy atom. The molecule has 2 aromatic rings. The van der Waals surface area contributed by atoms with Crippen molar-refractivity contribution in [3.63, 3.8) is 0 Å². The van der Waals surface area contributed by atoms with E-state index in [1.807, 2.05) is 6.26 Å². The number of nitrogens with one attached hydrogen (secondary N) is 1. The van der Waals surface area contributed by atoms with Crippen molar-refractivity contribution >= 4 is 28.8 Å². The van der Waals surface area contributed by atoms with Crippen LogP contribution in [0.3, 0.4) is 0 Å². The number of carboxylic acids is 1. The van der Waals surface area contributed by atoms with Crippen LogP contribution in [0.2, 0.25) is 0 Å². The van der Waals surface area contributed by atoms with Crippen LogP contribution in [0, 0.1) is 0 Å². The third kappa shape index (κ3) is 2.08. The topological polar surface area (TPSA) is 75.1 Å². The summed E-state index contributed by atoms with van der Waals surface area (Å²) in [6, 6.07) is 4.88. The summed E-state index contributed by atoms with van der Waals surface area (Å²) >= 11 is 1.64. The molecular formula is C11H12N2O3S. The smallest absolute Gasteiger partial charge is 0.337 e. The maximum absolute atomic E-state index is 11.7. The zero-order valence-corrected chi connectivity index (χ0v) is 10.1. The van der Waals surface area contributed by atoms with Gasteiger partial charge in [-0.15, -0.1) is 0 Å². The molecule has 2 rings (SSSR count). The second-order valence-corrected chi connectivity index (χ2v) is 4.57. The fourth-order valence-corrected chi connectivity index (χ4v) is 2.13. The van der Waals surface area contributed by atoms with Gasteiger partial charge < -0.3 is 10.1 Å². The fraction of sp³-hybridized carbons (Fsp3) is 0.273. The van der Waals surface area contributed by atoms with Gasteiger partial charge in [0.2, 0.25) is 0 Å². The van der Waals surface area contributed by atoms with E-state index in [9.17, 15) is 9.59 Å². The molecule has 6 heteroatoms. The second-order valence-electron chi connectivity index (χ2n) is 3.58. The average molecular weight is 252 g/mol. The number of hydrogen-bond donors (Lipinski definition) is 2. The van der Waals surface area contributed by atoms with Crippen LogP contribution in [-0.4, -0.2) is 32.6 Å². The van der Waals surface area contributed by atoms with E-state index in [2.05, 4.69) is 4.98 Å². The van der Waals surface area contributed by atoms with Crippen molar-refractivity contribution in [3.8, 4) is 0 Å². The van der Waals surface area contributed by atoms with Gasteiger partial charge in [-0.05, 0) is 18.4 Å². The van der Waals surface area contributed by atoms with E-state index in [0.29, 0.717) is 17.6 Å². The molecule has 0 aliphatic heterocycles. The number of aromatic nitrogens is 2. The first-order chi connectivity index (χ1) is 8.15. The Morgan fingerprint density at radius 2 is 2.29 bits per heavy atom. The lowest BCUT2D eigenvalue weighted by Gasteiger charge is -2.01. The van der Waals surface area contributed by atoms with Gasteiger partial charge in [0.15, 0.2) is 0 Å². The Kier molecular flexibility index (Phi) is 3.23. The molecule has 1 aromatic heterocycles. The van der Waals surface area contributed by atoms with Crippen LogP contribution in [0.25, 0.3) is 11.0 Å². The highest BCUT2D eigenvalue weighted by Crippen LogP contribution is 2.15. The van der Waals surface area contributed by atoms with Gasteiger partial charge in [-0.25, -0.2) is 9.59 Å². The van der Waals surface area contributed by atoms with Gasteiger partial charge in [0.1, 0.15) is 0 Å². The molecule has 0 spiro atoms. The molecule has 5 nitrogen and oxygen atoms in total. The van der Waals surface area contributed by atoms with Crippen LogP contribution in [0.1, 0.15) is 10.4 Å². The summed E-state index contributed by atoms with van der Waals surface area (Å²) in [5.74, 6) is -0.224. The van der Waals surface area contributed by atoms with Crippen LogP contribution < -0.4 is 5.69 Å². The van der Waals surface area contributed by atoms with Gasteiger partial charge in [0.25, 0.3) is 0 Å². The van der Waals surface area contributed by atoms with Crippen LogP contribution in [0.5, 0.6) is 0 Å². The van der Waals surface area contributed by atoms with Crippen LogP contribution in [0.4, 0.5) is 0 Å². The van der Waals surface area contributed by atoms with Crippen molar-refractivity contribution in [1.82, 2.24) is 9.55 Å². The molecule has 0 aliphatic carbocycles. The molecule has 0 amide bonds. The number of aromatic amines is 1. The minimum absolute atomic E-state index is 0.127. The Morgan fingerprint density at radius 3 is 2.94 bits per heavy atom. The monoisotopic (exact) mass is 252 g/mol. The summed E-state index contributed by atoms with van der Waals surface area (Å²) in [5.41, 5.74) is 0.903. The average Bonchev–Trinajstić information content (AvgIpc) is 2.61. The largest absolute Gasteiger partial charge is 0.478 e. The Labute approximate surface area is 101 Å². The van der Waals surface area contributed by atoms with E-state index in [4.69, 9.17) is 5.11 Å². The van der Waals surface area contributed by atoms with Gasteiger partial charge in [-0.3, -0.25) is 4.57 Å². The molecule has 0 bridgehead atoms. The van der Waals surface area contributed by atoms with Gasteiger partial charge in [0.05, 0.1) is 16.6 Å². The number of para-hydroxylation sites is 1. The SMILES string of the molecule is CSCCn1c(=O)[nH]c2c(C(=O)O)cccc21. The molecule has 0 atom stereocenters. The van der Waals surface area contributed by atoms with Crippen molar-refractivity contribution in [2.45, 2.75) is 6.54 Å². The number of aromatic carboxylic acids is 1. The van der Waals surface area contributed by atoms with Crippen LogP contribution >= 0.6 is 11.8 Å². The summed E-state index contributed by atoms with van der Waals surface area (Å²) in [7, 11) is 0. The van der Waals surface area contributed by atoms with Crippen molar-refractivity contribution in [2.75, 3.05) is 12.0 Å². The number of hydrogen-bond acceptors (Lipinski definition) is 3. The molecule has 1 aromatic carbocycles. The lowest BCUT2D eigenvalue weighted by Crippen LogP contribution is -2.17. The predicted molar refractivity (Wildman–Crippen MR) is 67.9 cm³/mol. The molecule has 2 N–H and O–H groups in total. The molecule has 0 saturated heterocycles. The number of carboxylic acid groups (broad SMARTS) is 1. The Bertz CT molecular complexity index is 615. The number of benzene rings is 1.